The van der Waals surface area contributed by atoms with E-state index in [-0.39, 0.29) is 11.1 Å². The van der Waals surface area contributed by atoms with Gasteiger partial charge in [-0.3, -0.25) is 0 Å². The number of carbonyl (C=O) groups is 1. The van der Waals surface area contributed by atoms with Crippen molar-refractivity contribution in [1.82, 2.24) is 0 Å². The van der Waals surface area contributed by atoms with Crippen LogP contribution in [0.25, 0.3) is 21.6 Å². The number of hydrogen-bond donors (Lipinski definition) is 1. The summed E-state index contributed by atoms with van der Waals surface area (Å²) < 4.78 is 54.4. The molecule has 0 radical (unpaired) electrons. The molecule has 1 atom stereocenters. The molecule has 1 aliphatic heterocycles. The quantitative estimate of drug-likeness (QED) is 0.406. The zero-order valence-electron chi connectivity index (χ0n) is 19.0. The van der Waals surface area contributed by atoms with Crippen LogP contribution in [0.15, 0.2) is 48.5 Å². The SMILES string of the molecule is CC(C)(C)OC(C(=O)O)c1c(C(F)(F)F)sc(-c2ccccc2)c1-c1ccc2c(c1)CCCO2. The van der Waals surface area contributed by atoms with Crippen molar-refractivity contribution < 1.29 is 32.5 Å². The van der Waals surface area contributed by atoms with E-state index in [9.17, 15) is 23.1 Å². The molecule has 180 valence electrons. The highest BCUT2D eigenvalue weighted by Gasteiger charge is 2.44. The molecule has 0 amide bonds. The first-order valence-electron chi connectivity index (χ1n) is 10.9. The van der Waals surface area contributed by atoms with Gasteiger partial charge in [0, 0.05) is 16.0 Å². The van der Waals surface area contributed by atoms with Crippen LogP contribution in [-0.4, -0.2) is 23.3 Å². The lowest BCUT2D eigenvalue weighted by molar-refractivity contribution is -0.162. The molecule has 0 bridgehead atoms. The fourth-order valence-corrected chi connectivity index (χ4v) is 5.31. The van der Waals surface area contributed by atoms with Crippen molar-refractivity contribution in [3.8, 4) is 27.3 Å². The molecule has 1 unspecified atom stereocenters. The van der Waals surface area contributed by atoms with Crippen LogP contribution in [0.3, 0.4) is 0 Å². The highest BCUT2D eigenvalue weighted by Crippen LogP contribution is 2.52. The van der Waals surface area contributed by atoms with E-state index in [0.717, 1.165) is 18.4 Å². The van der Waals surface area contributed by atoms with E-state index in [2.05, 4.69) is 0 Å². The first kappa shape index (κ1) is 24.3. The summed E-state index contributed by atoms with van der Waals surface area (Å²) in [4.78, 5) is 11.7. The molecule has 34 heavy (non-hydrogen) atoms. The van der Waals surface area contributed by atoms with Crippen molar-refractivity contribution in [2.75, 3.05) is 6.61 Å². The standard InChI is InChI=1S/C26H25F3O4S/c1-25(2,3)33-21(24(30)31)20-19(17-11-12-18-16(14-17)10-7-13-32-18)22(15-8-5-4-6-9-15)34-23(20)26(27,28)29/h4-6,8-9,11-12,14,21H,7,10,13H2,1-3H3,(H,30,31). The summed E-state index contributed by atoms with van der Waals surface area (Å²) in [5.74, 6) is -0.773. The zero-order chi connectivity index (χ0) is 24.7. The Kier molecular flexibility index (Phi) is 6.48. The fourth-order valence-electron chi connectivity index (χ4n) is 4.09. The minimum Gasteiger partial charge on any atom is -0.493 e. The van der Waals surface area contributed by atoms with Gasteiger partial charge in [0.2, 0.25) is 0 Å². The number of fused-ring (bicyclic) bond motifs is 1. The molecule has 0 aliphatic carbocycles. The van der Waals surface area contributed by atoms with Crippen LogP contribution in [-0.2, 0) is 22.1 Å². The van der Waals surface area contributed by atoms with Crippen molar-refractivity contribution in [3.63, 3.8) is 0 Å². The third-order valence-electron chi connectivity index (χ3n) is 5.39. The van der Waals surface area contributed by atoms with Crippen LogP contribution in [0.2, 0.25) is 0 Å². The highest BCUT2D eigenvalue weighted by molar-refractivity contribution is 7.16. The molecule has 0 saturated carbocycles. The Bertz CT molecular complexity index is 1190. The summed E-state index contributed by atoms with van der Waals surface area (Å²) >= 11 is 0.551. The molecule has 4 nitrogen and oxygen atoms in total. The molecule has 4 rings (SSSR count). The fraction of sp³-hybridized carbons (Fsp3) is 0.346. The number of carboxylic acid groups (broad SMARTS) is 1. The van der Waals surface area contributed by atoms with Gasteiger partial charge in [-0.05, 0) is 62.4 Å². The van der Waals surface area contributed by atoms with E-state index in [1.165, 1.54) is 0 Å². The zero-order valence-corrected chi connectivity index (χ0v) is 19.8. The lowest BCUT2D eigenvalue weighted by atomic mass is 9.91. The number of carboxylic acids is 1. The Hall–Kier alpha value is -2.84. The molecule has 2 heterocycles. The maximum Gasteiger partial charge on any atom is 0.426 e. The lowest BCUT2D eigenvalue weighted by Gasteiger charge is -2.27. The van der Waals surface area contributed by atoms with Crippen molar-refractivity contribution in [2.24, 2.45) is 0 Å². The first-order valence-corrected chi connectivity index (χ1v) is 11.7. The Morgan fingerprint density at radius 2 is 1.79 bits per heavy atom. The highest BCUT2D eigenvalue weighted by atomic mass is 32.1. The van der Waals surface area contributed by atoms with E-state index in [0.29, 0.717) is 39.7 Å². The van der Waals surface area contributed by atoms with E-state index < -0.39 is 28.7 Å². The number of alkyl halides is 3. The second kappa shape index (κ2) is 9.07. The normalized spacial score (nSPS) is 14.9. The van der Waals surface area contributed by atoms with Gasteiger partial charge in [-0.1, -0.05) is 36.4 Å². The van der Waals surface area contributed by atoms with Crippen LogP contribution >= 0.6 is 11.3 Å². The van der Waals surface area contributed by atoms with E-state index in [1.807, 2.05) is 6.07 Å². The molecule has 1 N–H and O–H groups in total. The number of aryl methyl sites for hydroxylation is 1. The molecule has 0 spiro atoms. The molecular weight excluding hydrogens is 465 g/mol. The molecule has 8 heteroatoms. The Balaban J connectivity index is 2.06. The maximum atomic E-state index is 14.3. The minimum atomic E-state index is -4.76. The molecule has 1 aromatic heterocycles. The first-order chi connectivity index (χ1) is 16.0. The van der Waals surface area contributed by atoms with Gasteiger partial charge in [-0.25, -0.2) is 4.79 Å². The van der Waals surface area contributed by atoms with Gasteiger partial charge in [-0.2, -0.15) is 13.2 Å². The van der Waals surface area contributed by atoms with E-state index in [4.69, 9.17) is 9.47 Å². The minimum absolute atomic E-state index is 0.230. The monoisotopic (exact) mass is 490 g/mol. The number of aliphatic carboxylic acids is 1. The number of ether oxygens (including phenoxy) is 2. The van der Waals surface area contributed by atoms with E-state index in [1.54, 1.807) is 63.2 Å². The average Bonchev–Trinajstić information content (AvgIpc) is 3.18. The third kappa shape index (κ3) is 4.98. The molecule has 3 aromatic rings. The average molecular weight is 491 g/mol. The second-order valence-electron chi connectivity index (χ2n) is 9.14. The predicted octanol–water partition coefficient (Wildman–Crippen LogP) is 7.37. The predicted molar refractivity (Wildman–Crippen MR) is 125 cm³/mol. The number of benzene rings is 2. The van der Waals surface area contributed by atoms with E-state index >= 15 is 0 Å². The maximum absolute atomic E-state index is 14.3. The van der Waals surface area contributed by atoms with Gasteiger partial charge in [0.25, 0.3) is 0 Å². The summed E-state index contributed by atoms with van der Waals surface area (Å²) in [6.45, 7) is 5.45. The molecule has 0 saturated heterocycles. The van der Waals surface area contributed by atoms with Crippen molar-refractivity contribution >= 4 is 17.3 Å². The van der Waals surface area contributed by atoms with Gasteiger partial charge in [0.1, 0.15) is 10.6 Å². The van der Waals surface area contributed by atoms with Crippen LogP contribution < -0.4 is 4.74 Å². The Morgan fingerprint density at radius 1 is 1.09 bits per heavy atom. The third-order valence-corrected chi connectivity index (χ3v) is 6.69. The summed E-state index contributed by atoms with van der Waals surface area (Å²) in [5.41, 5.74) is 0.852. The molecule has 1 aliphatic rings. The molecule has 0 fully saturated rings. The van der Waals surface area contributed by atoms with Gasteiger partial charge in [0.05, 0.1) is 12.2 Å². The molecule has 2 aromatic carbocycles. The number of hydrogen-bond acceptors (Lipinski definition) is 4. The summed E-state index contributed by atoms with van der Waals surface area (Å²) in [5, 5.41) is 10.0. The number of halogens is 3. The smallest absolute Gasteiger partial charge is 0.426 e. The topological polar surface area (TPSA) is 55.8 Å². The van der Waals surface area contributed by atoms with Crippen molar-refractivity contribution in [1.29, 1.82) is 0 Å². The van der Waals surface area contributed by atoms with Gasteiger partial charge in [0.15, 0.2) is 6.10 Å². The van der Waals surface area contributed by atoms with Gasteiger partial charge in [-0.15, -0.1) is 11.3 Å². The van der Waals surface area contributed by atoms with Crippen LogP contribution in [0.4, 0.5) is 13.2 Å². The number of thiophene rings is 1. The largest absolute Gasteiger partial charge is 0.493 e. The Labute approximate surface area is 200 Å². The van der Waals surface area contributed by atoms with Crippen LogP contribution in [0, 0.1) is 0 Å². The molecular formula is C26H25F3O4S. The van der Waals surface area contributed by atoms with Gasteiger partial charge >= 0.3 is 12.1 Å². The van der Waals surface area contributed by atoms with Gasteiger partial charge < -0.3 is 14.6 Å². The number of rotatable bonds is 5. The summed E-state index contributed by atoms with van der Waals surface area (Å²) in [6, 6.07) is 14.0. The van der Waals surface area contributed by atoms with Crippen molar-refractivity contribution in [3.05, 3.63) is 64.5 Å². The summed E-state index contributed by atoms with van der Waals surface area (Å²) in [6.07, 6.45) is -5.02. The van der Waals surface area contributed by atoms with Crippen molar-refractivity contribution in [2.45, 2.75) is 51.5 Å². The van der Waals surface area contributed by atoms with Crippen LogP contribution in [0.1, 0.15) is 49.3 Å². The Morgan fingerprint density at radius 3 is 2.41 bits per heavy atom. The lowest BCUT2D eigenvalue weighted by Crippen LogP contribution is -2.28. The second-order valence-corrected chi connectivity index (χ2v) is 10.2. The summed E-state index contributed by atoms with van der Waals surface area (Å²) in [7, 11) is 0. The van der Waals surface area contributed by atoms with Crippen LogP contribution in [0.5, 0.6) is 5.75 Å².